The van der Waals surface area contributed by atoms with Crippen molar-refractivity contribution in [3.05, 3.63) is 65.0 Å². The van der Waals surface area contributed by atoms with Crippen molar-refractivity contribution in [2.24, 2.45) is 0 Å². The lowest BCUT2D eigenvalue weighted by atomic mass is 10.0. The van der Waals surface area contributed by atoms with Crippen molar-refractivity contribution in [1.82, 2.24) is 0 Å². The fourth-order valence-corrected chi connectivity index (χ4v) is 3.05. The first-order chi connectivity index (χ1) is 9.54. The highest BCUT2D eigenvalue weighted by molar-refractivity contribution is 7.99. The van der Waals surface area contributed by atoms with E-state index in [1.54, 1.807) is 17.8 Å². The molecule has 0 aliphatic rings. The van der Waals surface area contributed by atoms with E-state index in [1.807, 2.05) is 19.1 Å². The average molecular weight is 290 g/mol. The molecule has 1 N–H and O–H groups in total. The van der Waals surface area contributed by atoms with Gasteiger partial charge in [-0.1, -0.05) is 23.8 Å². The molecule has 0 spiro atoms. The second-order valence-electron chi connectivity index (χ2n) is 5.06. The smallest absolute Gasteiger partial charge is 0.123 e. The maximum Gasteiger partial charge on any atom is 0.123 e. The Bertz CT molecular complexity index is 583. The third-order valence-electron chi connectivity index (χ3n) is 3.19. The van der Waals surface area contributed by atoms with Crippen LogP contribution in [0.25, 0.3) is 0 Å². The van der Waals surface area contributed by atoms with Crippen LogP contribution in [0.5, 0.6) is 0 Å². The van der Waals surface area contributed by atoms with Gasteiger partial charge >= 0.3 is 0 Å². The molecule has 0 amide bonds. The molecule has 106 valence electrons. The van der Waals surface area contributed by atoms with Gasteiger partial charge in [0.05, 0.1) is 6.10 Å². The van der Waals surface area contributed by atoms with E-state index >= 15 is 0 Å². The zero-order chi connectivity index (χ0) is 14.5. The zero-order valence-corrected chi connectivity index (χ0v) is 12.6. The lowest BCUT2D eigenvalue weighted by Crippen LogP contribution is -2.14. The molecule has 2 aromatic carbocycles. The SMILES string of the molecule is Cc1cccc(SCC(O)Cc2ccc(F)cc2C)c1. The van der Waals surface area contributed by atoms with Gasteiger partial charge in [0.25, 0.3) is 0 Å². The van der Waals surface area contributed by atoms with E-state index in [1.165, 1.54) is 22.6 Å². The predicted molar refractivity (Wildman–Crippen MR) is 82.8 cm³/mol. The van der Waals surface area contributed by atoms with Gasteiger partial charge in [0.15, 0.2) is 0 Å². The van der Waals surface area contributed by atoms with Gasteiger partial charge < -0.3 is 5.11 Å². The van der Waals surface area contributed by atoms with E-state index in [2.05, 4.69) is 19.1 Å². The number of rotatable bonds is 5. The summed E-state index contributed by atoms with van der Waals surface area (Å²) in [7, 11) is 0. The Balaban J connectivity index is 1.90. The van der Waals surface area contributed by atoms with Gasteiger partial charge in [-0.25, -0.2) is 4.39 Å². The molecule has 1 atom stereocenters. The van der Waals surface area contributed by atoms with Crippen LogP contribution >= 0.6 is 11.8 Å². The van der Waals surface area contributed by atoms with Gasteiger partial charge in [0.1, 0.15) is 5.82 Å². The molecular weight excluding hydrogens is 271 g/mol. The molecule has 0 aliphatic heterocycles. The van der Waals surface area contributed by atoms with Crippen LogP contribution < -0.4 is 0 Å². The number of aryl methyl sites for hydroxylation is 2. The Hall–Kier alpha value is -1.32. The summed E-state index contributed by atoms with van der Waals surface area (Å²) < 4.78 is 13.0. The highest BCUT2D eigenvalue weighted by Gasteiger charge is 2.09. The summed E-state index contributed by atoms with van der Waals surface area (Å²) in [6.07, 6.45) is 0.134. The van der Waals surface area contributed by atoms with Crippen molar-refractivity contribution in [1.29, 1.82) is 0 Å². The maximum absolute atomic E-state index is 13.0. The molecule has 0 radical (unpaired) electrons. The molecule has 0 aliphatic carbocycles. The monoisotopic (exact) mass is 290 g/mol. The molecular formula is C17H19FOS. The van der Waals surface area contributed by atoms with Crippen LogP contribution in [0.15, 0.2) is 47.4 Å². The topological polar surface area (TPSA) is 20.2 Å². The largest absolute Gasteiger partial charge is 0.392 e. The first-order valence-electron chi connectivity index (χ1n) is 6.67. The second-order valence-corrected chi connectivity index (χ2v) is 6.15. The predicted octanol–water partition coefficient (Wildman–Crippen LogP) is 4.14. The summed E-state index contributed by atoms with van der Waals surface area (Å²) >= 11 is 1.65. The standard InChI is InChI=1S/C17H19FOS/c1-12-4-3-5-17(8-12)20-11-16(19)10-14-6-7-15(18)9-13(14)2/h3-9,16,19H,10-11H2,1-2H3. The number of hydrogen-bond donors (Lipinski definition) is 1. The molecule has 0 bridgehead atoms. The van der Waals surface area contributed by atoms with E-state index in [0.717, 1.165) is 11.1 Å². The van der Waals surface area contributed by atoms with Crippen LogP contribution in [0.1, 0.15) is 16.7 Å². The fourth-order valence-electron chi connectivity index (χ4n) is 2.10. The Morgan fingerprint density at radius 3 is 2.65 bits per heavy atom. The second kappa shape index (κ2) is 6.91. The van der Waals surface area contributed by atoms with E-state index in [4.69, 9.17) is 0 Å². The number of thioether (sulfide) groups is 1. The van der Waals surface area contributed by atoms with E-state index in [-0.39, 0.29) is 5.82 Å². The minimum atomic E-state index is -0.426. The maximum atomic E-state index is 13.0. The minimum absolute atomic E-state index is 0.227. The molecule has 1 nitrogen and oxygen atoms in total. The van der Waals surface area contributed by atoms with Crippen molar-refractivity contribution < 1.29 is 9.50 Å². The van der Waals surface area contributed by atoms with Crippen molar-refractivity contribution in [3.63, 3.8) is 0 Å². The summed E-state index contributed by atoms with van der Waals surface area (Å²) in [5.41, 5.74) is 3.12. The average Bonchev–Trinajstić information content (AvgIpc) is 2.40. The number of hydrogen-bond acceptors (Lipinski definition) is 2. The Labute approximate surface area is 123 Å². The lowest BCUT2D eigenvalue weighted by molar-refractivity contribution is 0.200. The zero-order valence-electron chi connectivity index (χ0n) is 11.8. The van der Waals surface area contributed by atoms with Gasteiger partial charge in [-0.15, -0.1) is 11.8 Å². The number of aliphatic hydroxyl groups excluding tert-OH is 1. The van der Waals surface area contributed by atoms with E-state index in [0.29, 0.717) is 12.2 Å². The van der Waals surface area contributed by atoms with Crippen LogP contribution in [0.3, 0.4) is 0 Å². The van der Waals surface area contributed by atoms with Crippen LogP contribution in [0.2, 0.25) is 0 Å². The first kappa shape index (κ1) is 15.1. The van der Waals surface area contributed by atoms with Gasteiger partial charge in [-0.05, 0) is 55.7 Å². The Morgan fingerprint density at radius 1 is 1.15 bits per heavy atom. The van der Waals surface area contributed by atoms with Crippen molar-refractivity contribution in [3.8, 4) is 0 Å². The highest BCUT2D eigenvalue weighted by Crippen LogP contribution is 2.21. The highest BCUT2D eigenvalue weighted by atomic mass is 32.2. The summed E-state index contributed by atoms with van der Waals surface area (Å²) in [5, 5.41) is 10.1. The third kappa shape index (κ3) is 4.36. The Kier molecular flexibility index (Phi) is 5.21. The molecule has 0 saturated carbocycles. The molecule has 2 rings (SSSR count). The summed E-state index contributed by atoms with van der Waals surface area (Å²) in [5.74, 6) is 0.412. The van der Waals surface area contributed by atoms with Gasteiger partial charge in [-0.2, -0.15) is 0 Å². The molecule has 1 unspecified atom stereocenters. The minimum Gasteiger partial charge on any atom is -0.392 e. The number of aliphatic hydroxyl groups is 1. The number of halogens is 1. The third-order valence-corrected chi connectivity index (χ3v) is 4.33. The molecule has 20 heavy (non-hydrogen) atoms. The molecule has 0 fully saturated rings. The Morgan fingerprint density at radius 2 is 1.95 bits per heavy atom. The molecule has 0 heterocycles. The fraction of sp³-hybridized carbons (Fsp3) is 0.294. The normalized spacial score (nSPS) is 12.4. The lowest BCUT2D eigenvalue weighted by Gasteiger charge is -2.12. The summed E-state index contributed by atoms with van der Waals surface area (Å²) in [6, 6.07) is 13.0. The van der Waals surface area contributed by atoms with E-state index in [9.17, 15) is 9.50 Å². The van der Waals surface area contributed by atoms with Gasteiger partial charge in [-0.3, -0.25) is 0 Å². The summed E-state index contributed by atoms with van der Waals surface area (Å²) in [4.78, 5) is 1.17. The van der Waals surface area contributed by atoms with Gasteiger partial charge in [0, 0.05) is 10.6 Å². The van der Waals surface area contributed by atoms with Crippen LogP contribution in [0.4, 0.5) is 4.39 Å². The van der Waals surface area contributed by atoms with Crippen LogP contribution in [-0.2, 0) is 6.42 Å². The van der Waals surface area contributed by atoms with Gasteiger partial charge in [0.2, 0.25) is 0 Å². The van der Waals surface area contributed by atoms with Crippen molar-refractivity contribution >= 4 is 11.8 Å². The van der Waals surface area contributed by atoms with Crippen LogP contribution in [0, 0.1) is 19.7 Å². The molecule has 0 saturated heterocycles. The van der Waals surface area contributed by atoms with Crippen LogP contribution in [-0.4, -0.2) is 17.0 Å². The number of benzene rings is 2. The first-order valence-corrected chi connectivity index (χ1v) is 7.66. The molecule has 3 heteroatoms. The van der Waals surface area contributed by atoms with Crippen molar-refractivity contribution in [2.75, 3.05) is 5.75 Å². The van der Waals surface area contributed by atoms with Crippen molar-refractivity contribution in [2.45, 2.75) is 31.3 Å². The quantitative estimate of drug-likeness (QED) is 0.835. The molecule has 0 aromatic heterocycles. The molecule has 2 aromatic rings. The van der Waals surface area contributed by atoms with E-state index < -0.39 is 6.10 Å². The summed E-state index contributed by atoms with van der Waals surface area (Å²) in [6.45, 7) is 3.93.